The number of methoxy groups -OCH3 is 1. The Morgan fingerprint density at radius 3 is 2.86 bits per heavy atom. The van der Waals surface area contributed by atoms with Crippen molar-refractivity contribution in [3.63, 3.8) is 0 Å². The van der Waals surface area contributed by atoms with Crippen molar-refractivity contribution in [3.8, 4) is 11.5 Å². The van der Waals surface area contributed by atoms with Gasteiger partial charge in [-0.05, 0) is 24.3 Å². The minimum atomic E-state index is 0.0886. The third kappa shape index (κ3) is 2.56. The number of aromatic nitrogens is 1. The number of ether oxygens (including phenoxy) is 1. The fourth-order valence-electron chi connectivity index (χ4n) is 2.17. The zero-order valence-corrected chi connectivity index (χ0v) is 11.5. The lowest BCUT2D eigenvalue weighted by Crippen LogP contribution is -1.88. The molecule has 0 spiro atoms. The van der Waals surface area contributed by atoms with Crippen LogP contribution in [0.3, 0.4) is 0 Å². The quantitative estimate of drug-likeness (QED) is 0.743. The first-order chi connectivity index (χ1) is 10.3. The summed E-state index contributed by atoms with van der Waals surface area (Å²) in [5.41, 5.74) is 1.44. The van der Waals surface area contributed by atoms with Gasteiger partial charge in [-0.25, -0.2) is 0 Å². The molecule has 3 rings (SSSR count). The molecule has 0 radical (unpaired) electrons. The van der Waals surface area contributed by atoms with E-state index in [1.54, 1.807) is 30.7 Å². The van der Waals surface area contributed by atoms with Crippen LogP contribution in [0.5, 0.6) is 11.5 Å². The van der Waals surface area contributed by atoms with E-state index in [1.165, 1.54) is 7.11 Å². The maximum Gasteiger partial charge on any atom is 0.166 e. The van der Waals surface area contributed by atoms with Gasteiger partial charge in [0.2, 0.25) is 0 Å². The summed E-state index contributed by atoms with van der Waals surface area (Å²) in [5.74, 6) is 0.520. The summed E-state index contributed by atoms with van der Waals surface area (Å²) in [6, 6.07) is 13.1. The van der Waals surface area contributed by atoms with Crippen molar-refractivity contribution in [3.05, 3.63) is 60.4 Å². The van der Waals surface area contributed by atoms with E-state index in [0.717, 1.165) is 16.5 Å². The SMILES string of the molecule is COc1cccc(C=Nc2cccc3cnccc23)c1O. The Morgan fingerprint density at radius 2 is 2.00 bits per heavy atom. The third-order valence-electron chi connectivity index (χ3n) is 3.25. The maximum absolute atomic E-state index is 10.1. The number of nitrogens with zero attached hydrogens (tertiary/aromatic N) is 2. The molecule has 0 unspecified atom stereocenters. The summed E-state index contributed by atoms with van der Waals surface area (Å²) >= 11 is 0. The highest BCUT2D eigenvalue weighted by Crippen LogP contribution is 2.29. The Balaban J connectivity index is 2.03. The van der Waals surface area contributed by atoms with Crippen molar-refractivity contribution in [2.45, 2.75) is 0 Å². The number of aliphatic imine (C=N–C) groups is 1. The number of hydrogen-bond donors (Lipinski definition) is 1. The van der Waals surface area contributed by atoms with Crippen LogP contribution in [0.2, 0.25) is 0 Å². The first kappa shape index (κ1) is 13.1. The molecule has 2 aromatic carbocycles. The molecule has 0 bridgehead atoms. The number of rotatable bonds is 3. The van der Waals surface area contributed by atoms with E-state index in [1.807, 2.05) is 30.3 Å². The molecule has 1 N–H and O–H groups in total. The van der Waals surface area contributed by atoms with Crippen LogP contribution in [-0.2, 0) is 0 Å². The van der Waals surface area contributed by atoms with E-state index in [9.17, 15) is 5.11 Å². The molecule has 0 atom stereocenters. The zero-order chi connectivity index (χ0) is 14.7. The van der Waals surface area contributed by atoms with E-state index < -0.39 is 0 Å². The fourth-order valence-corrected chi connectivity index (χ4v) is 2.17. The van der Waals surface area contributed by atoms with Crippen molar-refractivity contribution in [2.75, 3.05) is 7.11 Å². The van der Waals surface area contributed by atoms with Crippen LogP contribution in [0.4, 0.5) is 5.69 Å². The molecule has 1 aromatic heterocycles. The van der Waals surface area contributed by atoms with Gasteiger partial charge in [0.25, 0.3) is 0 Å². The van der Waals surface area contributed by atoms with Gasteiger partial charge >= 0.3 is 0 Å². The van der Waals surface area contributed by atoms with Crippen LogP contribution in [0.1, 0.15) is 5.56 Å². The molecule has 0 amide bonds. The lowest BCUT2D eigenvalue weighted by Gasteiger charge is -2.05. The summed E-state index contributed by atoms with van der Waals surface area (Å²) < 4.78 is 5.09. The molecule has 0 aliphatic heterocycles. The molecule has 0 aliphatic rings. The minimum Gasteiger partial charge on any atom is -0.504 e. The number of aromatic hydroxyl groups is 1. The maximum atomic E-state index is 10.1. The number of phenols is 1. The standard InChI is InChI=1S/C17H14N2O2/c1-21-16-7-3-5-13(17(16)20)11-19-15-6-2-4-12-10-18-9-8-14(12)15/h2-11,20H,1H3. The molecule has 21 heavy (non-hydrogen) atoms. The van der Waals surface area contributed by atoms with Gasteiger partial charge in [-0.2, -0.15) is 0 Å². The van der Waals surface area contributed by atoms with Gasteiger partial charge in [0.1, 0.15) is 0 Å². The molecule has 3 aromatic rings. The van der Waals surface area contributed by atoms with E-state index in [0.29, 0.717) is 11.3 Å². The van der Waals surface area contributed by atoms with Crippen molar-refractivity contribution in [1.82, 2.24) is 4.98 Å². The van der Waals surface area contributed by atoms with Crippen LogP contribution in [-0.4, -0.2) is 23.4 Å². The number of phenolic OH excluding ortho intramolecular Hbond substituents is 1. The first-order valence-electron chi connectivity index (χ1n) is 6.52. The smallest absolute Gasteiger partial charge is 0.166 e. The zero-order valence-electron chi connectivity index (χ0n) is 11.5. The van der Waals surface area contributed by atoms with Crippen molar-refractivity contribution in [2.24, 2.45) is 4.99 Å². The second-order valence-corrected chi connectivity index (χ2v) is 4.53. The minimum absolute atomic E-state index is 0.0886. The Bertz CT molecular complexity index is 807. The van der Waals surface area contributed by atoms with E-state index in [-0.39, 0.29) is 5.75 Å². The molecule has 0 saturated carbocycles. The van der Waals surface area contributed by atoms with Gasteiger partial charge in [0.15, 0.2) is 11.5 Å². The molecule has 4 nitrogen and oxygen atoms in total. The third-order valence-corrected chi connectivity index (χ3v) is 3.25. The van der Waals surface area contributed by atoms with Gasteiger partial charge < -0.3 is 9.84 Å². The highest BCUT2D eigenvalue weighted by atomic mass is 16.5. The highest BCUT2D eigenvalue weighted by molar-refractivity contribution is 5.95. The molecular formula is C17H14N2O2. The second kappa shape index (κ2) is 5.63. The van der Waals surface area contributed by atoms with Crippen LogP contribution < -0.4 is 4.74 Å². The van der Waals surface area contributed by atoms with Gasteiger partial charge in [0.05, 0.1) is 12.8 Å². The van der Waals surface area contributed by atoms with Crippen LogP contribution in [0.15, 0.2) is 59.9 Å². The molecule has 0 saturated heterocycles. The molecule has 4 heteroatoms. The van der Waals surface area contributed by atoms with Gasteiger partial charge in [-0.15, -0.1) is 0 Å². The van der Waals surface area contributed by atoms with Crippen LogP contribution in [0, 0.1) is 0 Å². The summed E-state index contributed by atoms with van der Waals surface area (Å²) in [4.78, 5) is 8.57. The largest absolute Gasteiger partial charge is 0.504 e. The number of hydrogen-bond acceptors (Lipinski definition) is 4. The number of fused-ring (bicyclic) bond motifs is 1. The molecule has 0 fully saturated rings. The monoisotopic (exact) mass is 278 g/mol. The fraction of sp³-hybridized carbons (Fsp3) is 0.0588. The normalized spacial score (nSPS) is 11.1. The summed E-state index contributed by atoms with van der Waals surface area (Å²) in [6.07, 6.45) is 5.18. The lowest BCUT2D eigenvalue weighted by atomic mass is 10.1. The average Bonchev–Trinajstić information content (AvgIpc) is 2.54. The predicted octanol–water partition coefficient (Wildman–Crippen LogP) is 3.70. The van der Waals surface area contributed by atoms with Gasteiger partial charge in [0, 0.05) is 34.9 Å². The van der Waals surface area contributed by atoms with E-state index >= 15 is 0 Å². The van der Waals surface area contributed by atoms with Crippen molar-refractivity contribution < 1.29 is 9.84 Å². The second-order valence-electron chi connectivity index (χ2n) is 4.53. The Kier molecular flexibility index (Phi) is 3.51. The topological polar surface area (TPSA) is 54.7 Å². The van der Waals surface area contributed by atoms with E-state index in [2.05, 4.69) is 9.98 Å². The van der Waals surface area contributed by atoms with Gasteiger partial charge in [-0.3, -0.25) is 9.98 Å². The summed E-state index contributed by atoms with van der Waals surface area (Å²) in [7, 11) is 1.52. The highest BCUT2D eigenvalue weighted by Gasteiger charge is 2.05. The Labute approximate surface area is 122 Å². The predicted molar refractivity (Wildman–Crippen MR) is 83.7 cm³/mol. The average molecular weight is 278 g/mol. The first-order valence-corrected chi connectivity index (χ1v) is 6.52. The van der Waals surface area contributed by atoms with Crippen molar-refractivity contribution >= 4 is 22.7 Å². The molecular weight excluding hydrogens is 264 g/mol. The molecule has 1 heterocycles. The number of para-hydroxylation sites is 1. The summed E-state index contributed by atoms with van der Waals surface area (Å²) in [5, 5.41) is 12.1. The lowest BCUT2D eigenvalue weighted by molar-refractivity contribution is 0.373. The summed E-state index contributed by atoms with van der Waals surface area (Å²) in [6.45, 7) is 0. The van der Waals surface area contributed by atoms with Gasteiger partial charge in [-0.1, -0.05) is 18.2 Å². The Morgan fingerprint density at radius 1 is 1.14 bits per heavy atom. The molecule has 104 valence electrons. The number of pyridine rings is 1. The van der Waals surface area contributed by atoms with Crippen LogP contribution >= 0.6 is 0 Å². The Hall–Kier alpha value is -2.88. The number of benzene rings is 2. The van der Waals surface area contributed by atoms with Crippen LogP contribution in [0.25, 0.3) is 10.8 Å². The van der Waals surface area contributed by atoms with Crippen molar-refractivity contribution in [1.29, 1.82) is 0 Å². The van der Waals surface area contributed by atoms with E-state index in [4.69, 9.17) is 4.74 Å². The molecule has 0 aliphatic carbocycles.